The molecule has 0 bridgehead atoms. The minimum absolute atomic E-state index is 0.890. The first-order chi connectivity index (χ1) is 5.40. The highest BCUT2D eigenvalue weighted by atomic mass is 14.7. The SMILES string of the molecule is C#Cc1cc2c([nH]1)CCC=C2. The van der Waals surface area contributed by atoms with Crippen molar-refractivity contribution in [2.45, 2.75) is 12.8 Å². The molecule has 1 heterocycles. The number of rotatable bonds is 0. The van der Waals surface area contributed by atoms with Crippen LogP contribution < -0.4 is 0 Å². The van der Waals surface area contributed by atoms with E-state index in [2.05, 4.69) is 23.1 Å². The van der Waals surface area contributed by atoms with Crippen molar-refractivity contribution in [3.8, 4) is 12.3 Å². The van der Waals surface area contributed by atoms with E-state index in [1.807, 2.05) is 6.07 Å². The van der Waals surface area contributed by atoms with E-state index in [0.29, 0.717) is 0 Å². The normalized spacial score (nSPS) is 14.1. The average molecular weight is 143 g/mol. The topological polar surface area (TPSA) is 15.8 Å². The molecule has 0 spiro atoms. The number of nitrogens with one attached hydrogen (secondary N) is 1. The van der Waals surface area contributed by atoms with Gasteiger partial charge in [-0.2, -0.15) is 0 Å². The number of hydrogen-bond acceptors (Lipinski definition) is 0. The van der Waals surface area contributed by atoms with Gasteiger partial charge in [-0.05, 0) is 24.5 Å². The second-order valence-electron chi connectivity index (χ2n) is 2.70. The summed E-state index contributed by atoms with van der Waals surface area (Å²) in [6.07, 6.45) is 11.8. The van der Waals surface area contributed by atoms with E-state index in [0.717, 1.165) is 18.5 Å². The van der Waals surface area contributed by atoms with Gasteiger partial charge in [-0.3, -0.25) is 0 Å². The maximum Gasteiger partial charge on any atom is 0.0899 e. The van der Waals surface area contributed by atoms with E-state index in [4.69, 9.17) is 6.42 Å². The summed E-state index contributed by atoms with van der Waals surface area (Å²) in [6, 6.07) is 2.02. The minimum atomic E-state index is 0.890. The molecule has 0 unspecified atom stereocenters. The van der Waals surface area contributed by atoms with Crippen LogP contribution in [0.25, 0.3) is 6.08 Å². The molecular formula is C10H9N. The number of hydrogen-bond donors (Lipinski definition) is 1. The van der Waals surface area contributed by atoms with Gasteiger partial charge in [-0.25, -0.2) is 0 Å². The summed E-state index contributed by atoms with van der Waals surface area (Å²) in [5.41, 5.74) is 3.42. The van der Waals surface area contributed by atoms with Gasteiger partial charge in [0.05, 0.1) is 5.69 Å². The van der Waals surface area contributed by atoms with Crippen LogP contribution >= 0.6 is 0 Å². The highest BCUT2D eigenvalue weighted by Crippen LogP contribution is 2.18. The number of fused-ring (bicyclic) bond motifs is 1. The van der Waals surface area contributed by atoms with Crippen molar-refractivity contribution in [2.75, 3.05) is 0 Å². The molecule has 0 aromatic carbocycles. The maximum atomic E-state index is 5.26. The number of aryl methyl sites for hydroxylation is 1. The Hall–Kier alpha value is -1.42. The summed E-state index contributed by atoms with van der Waals surface area (Å²) >= 11 is 0. The van der Waals surface area contributed by atoms with Gasteiger partial charge in [-0.15, -0.1) is 6.42 Å². The molecule has 2 rings (SSSR count). The van der Waals surface area contributed by atoms with E-state index >= 15 is 0 Å². The van der Waals surface area contributed by atoms with Crippen LogP contribution in [0.3, 0.4) is 0 Å². The molecule has 0 atom stereocenters. The first-order valence-corrected chi connectivity index (χ1v) is 3.75. The van der Waals surface area contributed by atoms with E-state index in [1.54, 1.807) is 0 Å². The van der Waals surface area contributed by atoms with Crippen molar-refractivity contribution in [2.24, 2.45) is 0 Å². The molecular weight excluding hydrogens is 134 g/mol. The number of allylic oxidation sites excluding steroid dienone is 1. The Morgan fingerprint density at radius 2 is 2.45 bits per heavy atom. The monoisotopic (exact) mass is 143 g/mol. The third-order valence-electron chi connectivity index (χ3n) is 1.95. The fourth-order valence-corrected chi connectivity index (χ4v) is 1.38. The van der Waals surface area contributed by atoms with Crippen LogP contribution in [-0.4, -0.2) is 4.98 Å². The second-order valence-corrected chi connectivity index (χ2v) is 2.70. The van der Waals surface area contributed by atoms with Gasteiger partial charge in [0.15, 0.2) is 0 Å². The van der Waals surface area contributed by atoms with E-state index in [-0.39, 0.29) is 0 Å². The van der Waals surface area contributed by atoms with Gasteiger partial charge in [0.1, 0.15) is 0 Å². The molecule has 11 heavy (non-hydrogen) atoms. The fraction of sp³-hybridized carbons (Fsp3) is 0.200. The molecule has 1 heteroatoms. The fourth-order valence-electron chi connectivity index (χ4n) is 1.38. The maximum absolute atomic E-state index is 5.26. The smallest absolute Gasteiger partial charge is 0.0899 e. The van der Waals surface area contributed by atoms with Crippen LogP contribution in [0.4, 0.5) is 0 Å². The van der Waals surface area contributed by atoms with Crippen molar-refractivity contribution in [1.82, 2.24) is 4.98 Å². The predicted molar refractivity (Wildman–Crippen MR) is 46.1 cm³/mol. The molecule has 1 N–H and O–H groups in total. The molecule has 1 nitrogen and oxygen atoms in total. The molecule has 1 aliphatic rings. The highest BCUT2D eigenvalue weighted by Gasteiger charge is 2.06. The van der Waals surface area contributed by atoms with Crippen molar-refractivity contribution in [1.29, 1.82) is 0 Å². The summed E-state index contributed by atoms with van der Waals surface area (Å²) in [6.45, 7) is 0. The Balaban J connectivity index is 2.52. The number of terminal acetylenes is 1. The van der Waals surface area contributed by atoms with Crippen molar-refractivity contribution < 1.29 is 0 Å². The first-order valence-electron chi connectivity index (χ1n) is 3.75. The van der Waals surface area contributed by atoms with Crippen LogP contribution in [0.15, 0.2) is 12.1 Å². The molecule has 0 amide bonds. The lowest BCUT2D eigenvalue weighted by atomic mass is 10.1. The molecule has 54 valence electrons. The van der Waals surface area contributed by atoms with Gasteiger partial charge >= 0.3 is 0 Å². The molecule has 0 saturated carbocycles. The molecule has 1 aromatic heterocycles. The highest BCUT2D eigenvalue weighted by molar-refractivity contribution is 5.57. The summed E-state index contributed by atoms with van der Waals surface area (Å²) in [4.78, 5) is 3.20. The van der Waals surface area contributed by atoms with Gasteiger partial charge in [0.25, 0.3) is 0 Å². The summed E-state index contributed by atoms with van der Waals surface area (Å²) in [5.74, 6) is 2.59. The lowest BCUT2D eigenvalue weighted by molar-refractivity contribution is 0.943. The van der Waals surface area contributed by atoms with Crippen LogP contribution in [0.2, 0.25) is 0 Å². The van der Waals surface area contributed by atoms with Crippen LogP contribution in [0.1, 0.15) is 23.4 Å². The standard InChI is InChI=1S/C10H9N/c1-2-9-7-8-5-3-4-6-10(8)11-9/h1,3,5,7,11H,4,6H2. The zero-order valence-corrected chi connectivity index (χ0v) is 6.22. The van der Waals surface area contributed by atoms with Crippen LogP contribution in [-0.2, 0) is 6.42 Å². The molecule has 0 aliphatic heterocycles. The number of H-pyrrole nitrogens is 1. The second kappa shape index (κ2) is 2.32. The lowest BCUT2D eigenvalue weighted by Crippen LogP contribution is -1.90. The zero-order valence-electron chi connectivity index (χ0n) is 6.22. The van der Waals surface area contributed by atoms with Gasteiger partial charge in [0.2, 0.25) is 0 Å². The molecule has 1 aliphatic carbocycles. The molecule has 0 radical (unpaired) electrons. The minimum Gasteiger partial charge on any atom is -0.351 e. The molecule has 0 fully saturated rings. The Labute approximate surface area is 66.1 Å². The first kappa shape index (κ1) is 6.30. The quantitative estimate of drug-likeness (QED) is 0.534. The van der Waals surface area contributed by atoms with E-state index in [1.165, 1.54) is 11.3 Å². The van der Waals surface area contributed by atoms with Gasteiger partial charge < -0.3 is 4.98 Å². The Kier molecular flexibility index (Phi) is 1.33. The zero-order chi connectivity index (χ0) is 7.68. The Morgan fingerprint density at radius 3 is 3.18 bits per heavy atom. The van der Waals surface area contributed by atoms with Crippen molar-refractivity contribution in [3.05, 3.63) is 29.1 Å². The lowest BCUT2D eigenvalue weighted by Gasteiger charge is -2.01. The van der Waals surface area contributed by atoms with Crippen molar-refractivity contribution >= 4 is 6.08 Å². The van der Waals surface area contributed by atoms with E-state index < -0.39 is 0 Å². The summed E-state index contributed by atoms with van der Waals surface area (Å²) < 4.78 is 0. The summed E-state index contributed by atoms with van der Waals surface area (Å²) in [7, 11) is 0. The number of aromatic nitrogens is 1. The van der Waals surface area contributed by atoms with Crippen LogP contribution in [0, 0.1) is 12.3 Å². The Morgan fingerprint density at radius 1 is 1.55 bits per heavy atom. The third kappa shape index (κ3) is 0.969. The number of aromatic amines is 1. The van der Waals surface area contributed by atoms with Crippen LogP contribution in [0.5, 0.6) is 0 Å². The van der Waals surface area contributed by atoms with E-state index in [9.17, 15) is 0 Å². The van der Waals surface area contributed by atoms with Gasteiger partial charge in [0, 0.05) is 5.69 Å². The van der Waals surface area contributed by atoms with Crippen molar-refractivity contribution in [3.63, 3.8) is 0 Å². The third-order valence-corrected chi connectivity index (χ3v) is 1.95. The molecule has 1 aromatic rings. The Bertz CT molecular complexity index is 336. The van der Waals surface area contributed by atoms with Gasteiger partial charge in [-0.1, -0.05) is 18.1 Å². The summed E-state index contributed by atoms with van der Waals surface area (Å²) in [5, 5.41) is 0. The predicted octanol–water partition coefficient (Wildman–Crippen LogP) is 1.96. The molecule has 0 saturated heterocycles. The largest absolute Gasteiger partial charge is 0.351 e. The average Bonchev–Trinajstić information content (AvgIpc) is 2.46.